The van der Waals surface area contributed by atoms with E-state index in [4.69, 9.17) is 0 Å². The molecule has 0 aliphatic heterocycles. The standard InChI is InChI=1S/C11H10F4O/c1-2-9(16)6-3-7(10(12)13)5-8(4-6)11(14)15/h3-5,10-11H,2H2,1H3. The van der Waals surface area contributed by atoms with Gasteiger partial charge in [0.2, 0.25) is 0 Å². The van der Waals surface area contributed by atoms with Crippen LogP contribution >= 0.6 is 0 Å². The molecule has 0 unspecified atom stereocenters. The first-order valence-electron chi connectivity index (χ1n) is 4.70. The molecule has 0 spiro atoms. The van der Waals surface area contributed by atoms with Crippen molar-refractivity contribution in [3.05, 3.63) is 34.9 Å². The molecule has 1 nitrogen and oxygen atoms in total. The van der Waals surface area contributed by atoms with Crippen molar-refractivity contribution in [2.75, 3.05) is 0 Å². The van der Waals surface area contributed by atoms with Gasteiger partial charge < -0.3 is 0 Å². The maximum Gasteiger partial charge on any atom is 0.263 e. The van der Waals surface area contributed by atoms with E-state index in [1.165, 1.54) is 0 Å². The lowest BCUT2D eigenvalue weighted by atomic mass is 10.0. The summed E-state index contributed by atoms with van der Waals surface area (Å²) < 4.78 is 49.6. The summed E-state index contributed by atoms with van der Waals surface area (Å²) in [7, 11) is 0. The minimum Gasteiger partial charge on any atom is -0.294 e. The van der Waals surface area contributed by atoms with Crippen molar-refractivity contribution in [3.63, 3.8) is 0 Å². The number of Topliss-reactive ketones (excluding diaryl/α,β-unsaturated/α-hetero) is 1. The molecule has 0 aliphatic carbocycles. The predicted octanol–water partition coefficient (Wildman–Crippen LogP) is 4.15. The van der Waals surface area contributed by atoms with Crippen LogP contribution in [0.15, 0.2) is 18.2 Å². The molecular formula is C11H10F4O. The van der Waals surface area contributed by atoms with Crippen molar-refractivity contribution >= 4 is 5.78 Å². The summed E-state index contributed by atoms with van der Waals surface area (Å²) in [4.78, 5) is 11.3. The van der Waals surface area contributed by atoms with Gasteiger partial charge in [0.15, 0.2) is 5.78 Å². The summed E-state index contributed by atoms with van der Waals surface area (Å²) in [5.74, 6) is -0.426. The molecular weight excluding hydrogens is 224 g/mol. The van der Waals surface area contributed by atoms with Crippen molar-refractivity contribution in [3.8, 4) is 0 Å². The Labute approximate surface area is 90.1 Å². The maximum atomic E-state index is 12.4. The molecule has 0 amide bonds. The Balaban J connectivity index is 3.24. The number of benzene rings is 1. The van der Waals surface area contributed by atoms with E-state index in [0.717, 1.165) is 18.2 Å². The first kappa shape index (κ1) is 12.7. The summed E-state index contributed by atoms with van der Waals surface area (Å²) in [6, 6.07) is 2.65. The summed E-state index contributed by atoms with van der Waals surface area (Å²) in [6.45, 7) is 1.54. The number of ketones is 1. The van der Waals surface area contributed by atoms with E-state index >= 15 is 0 Å². The Hall–Kier alpha value is -1.39. The fourth-order valence-electron chi connectivity index (χ4n) is 1.29. The van der Waals surface area contributed by atoms with Crippen LogP contribution in [-0.2, 0) is 0 Å². The van der Waals surface area contributed by atoms with Crippen molar-refractivity contribution in [1.29, 1.82) is 0 Å². The van der Waals surface area contributed by atoms with Gasteiger partial charge in [-0.05, 0) is 18.2 Å². The summed E-state index contributed by atoms with van der Waals surface area (Å²) in [5, 5.41) is 0. The number of hydrogen-bond acceptors (Lipinski definition) is 1. The summed E-state index contributed by atoms with van der Waals surface area (Å²) in [5.41, 5.74) is -1.18. The molecule has 1 rings (SSSR count). The Bertz CT molecular complexity index is 361. The third-order valence-electron chi connectivity index (χ3n) is 2.12. The maximum absolute atomic E-state index is 12.4. The van der Waals surface area contributed by atoms with Crippen LogP contribution in [0, 0.1) is 0 Å². The number of alkyl halides is 4. The van der Waals surface area contributed by atoms with Crippen LogP contribution in [0.25, 0.3) is 0 Å². The molecule has 0 saturated carbocycles. The normalized spacial score (nSPS) is 11.2. The van der Waals surface area contributed by atoms with Gasteiger partial charge in [-0.2, -0.15) is 0 Å². The Morgan fingerprint density at radius 1 is 1.06 bits per heavy atom. The van der Waals surface area contributed by atoms with Crippen LogP contribution in [-0.4, -0.2) is 5.78 Å². The molecule has 0 fully saturated rings. The van der Waals surface area contributed by atoms with Crippen LogP contribution in [0.2, 0.25) is 0 Å². The smallest absolute Gasteiger partial charge is 0.263 e. The van der Waals surface area contributed by atoms with Crippen LogP contribution < -0.4 is 0 Å². The summed E-state index contributed by atoms with van der Waals surface area (Å²) >= 11 is 0. The van der Waals surface area contributed by atoms with E-state index in [1.807, 2.05) is 0 Å². The average molecular weight is 234 g/mol. The van der Waals surface area contributed by atoms with Gasteiger partial charge in [0.25, 0.3) is 12.9 Å². The molecule has 88 valence electrons. The number of halogens is 4. The highest BCUT2D eigenvalue weighted by molar-refractivity contribution is 5.96. The molecule has 0 saturated heterocycles. The van der Waals surface area contributed by atoms with Gasteiger partial charge >= 0.3 is 0 Å². The molecule has 0 atom stereocenters. The third-order valence-corrected chi connectivity index (χ3v) is 2.12. The third kappa shape index (κ3) is 2.81. The van der Waals surface area contributed by atoms with Crippen molar-refractivity contribution in [2.45, 2.75) is 26.2 Å². The monoisotopic (exact) mass is 234 g/mol. The number of carbonyl (C=O) groups is 1. The fraction of sp³-hybridized carbons (Fsp3) is 0.364. The Morgan fingerprint density at radius 3 is 1.81 bits per heavy atom. The van der Waals surface area contributed by atoms with Crippen LogP contribution in [0.3, 0.4) is 0 Å². The Kier molecular flexibility index (Phi) is 4.04. The van der Waals surface area contributed by atoms with Crippen molar-refractivity contribution in [1.82, 2.24) is 0 Å². The first-order valence-corrected chi connectivity index (χ1v) is 4.70. The molecule has 0 heterocycles. The van der Waals surface area contributed by atoms with E-state index in [2.05, 4.69) is 0 Å². The zero-order valence-corrected chi connectivity index (χ0v) is 8.51. The Morgan fingerprint density at radius 2 is 1.50 bits per heavy atom. The number of rotatable bonds is 4. The molecule has 16 heavy (non-hydrogen) atoms. The molecule has 0 N–H and O–H groups in total. The molecule has 0 bridgehead atoms. The zero-order valence-electron chi connectivity index (χ0n) is 8.51. The topological polar surface area (TPSA) is 17.1 Å². The van der Waals surface area contributed by atoms with Crippen molar-refractivity contribution in [2.24, 2.45) is 0 Å². The van der Waals surface area contributed by atoms with E-state index < -0.39 is 29.8 Å². The zero-order chi connectivity index (χ0) is 12.3. The van der Waals surface area contributed by atoms with Gasteiger partial charge in [-0.15, -0.1) is 0 Å². The van der Waals surface area contributed by atoms with E-state index in [1.54, 1.807) is 6.92 Å². The lowest BCUT2D eigenvalue weighted by Crippen LogP contribution is -2.01. The van der Waals surface area contributed by atoms with E-state index in [9.17, 15) is 22.4 Å². The molecule has 1 aromatic rings. The largest absolute Gasteiger partial charge is 0.294 e. The van der Waals surface area contributed by atoms with Crippen LogP contribution in [0.5, 0.6) is 0 Å². The first-order chi connectivity index (χ1) is 7.45. The quantitative estimate of drug-likeness (QED) is 0.564. The second kappa shape index (κ2) is 5.09. The highest BCUT2D eigenvalue weighted by Gasteiger charge is 2.16. The molecule has 0 radical (unpaired) electrons. The van der Waals surface area contributed by atoms with Gasteiger partial charge in [0.05, 0.1) is 0 Å². The molecule has 0 aromatic heterocycles. The lowest BCUT2D eigenvalue weighted by Gasteiger charge is -2.07. The second-order valence-corrected chi connectivity index (χ2v) is 3.27. The van der Waals surface area contributed by atoms with Gasteiger partial charge in [0, 0.05) is 23.1 Å². The SMILES string of the molecule is CCC(=O)c1cc(C(F)F)cc(C(F)F)c1. The van der Waals surface area contributed by atoms with Crippen LogP contribution in [0.1, 0.15) is 47.7 Å². The van der Waals surface area contributed by atoms with Crippen LogP contribution in [0.4, 0.5) is 17.6 Å². The van der Waals surface area contributed by atoms with Gasteiger partial charge in [-0.3, -0.25) is 4.79 Å². The molecule has 1 aromatic carbocycles. The van der Waals surface area contributed by atoms with Gasteiger partial charge in [0.1, 0.15) is 0 Å². The van der Waals surface area contributed by atoms with E-state index in [0.29, 0.717) is 0 Å². The van der Waals surface area contributed by atoms with Crippen molar-refractivity contribution < 1.29 is 22.4 Å². The highest BCUT2D eigenvalue weighted by atomic mass is 19.3. The number of carbonyl (C=O) groups excluding carboxylic acids is 1. The van der Waals surface area contributed by atoms with Gasteiger partial charge in [-0.1, -0.05) is 6.92 Å². The molecule has 5 heteroatoms. The second-order valence-electron chi connectivity index (χ2n) is 3.27. The van der Waals surface area contributed by atoms with Gasteiger partial charge in [-0.25, -0.2) is 17.6 Å². The number of hydrogen-bond donors (Lipinski definition) is 0. The fourth-order valence-corrected chi connectivity index (χ4v) is 1.29. The minimum atomic E-state index is -2.86. The lowest BCUT2D eigenvalue weighted by molar-refractivity contribution is 0.0987. The molecule has 0 aliphatic rings. The predicted molar refractivity (Wildman–Crippen MR) is 51.0 cm³/mol. The minimum absolute atomic E-state index is 0.0874. The van der Waals surface area contributed by atoms with E-state index in [-0.39, 0.29) is 12.0 Å². The summed E-state index contributed by atoms with van der Waals surface area (Å²) in [6.07, 6.45) is -5.63. The average Bonchev–Trinajstić information content (AvgIpc) is 2.27. The highest BCUT2D eigenvalue weighted by Crippen LogP contribution is 2.27.